The molecular weight excluding hydrogens is 212 g/mol. The van der Waals surface area contributed by atoms with Crippen LogP contribution in [0.2, 0.25) is 0 Å². The van der Waals surface area contributed by atoms with Crippen LogP contribution in [0.3, 0.4) is 0 Å². The molecule has 1 aromatic rings. The summed E-state index contributed by atoms with van der Waals surface area (Å²) in [5.41, 5.74) is 0.525. The Balaban J connectivity index is 3.02. The number of halogens is 1. The zero-order valence-corrected chi connectivity index (χ0v) is 7.50. The van der Waals surface area contributed by atoms with E-state index >= 15 is 0 Å². The van der Waals surface area contributed by atoms with Crippen LogP contribution in [0.25, 0.3) is 0 Å². The normalized spacial score (nSPS) is 9.73. The summed E-state index contributed by atoms with van der Waals surface area (Å²) in [5, 5.41) is 8.76. The zero-order chi connectivity index (χ0) is 8.27. The number of hydrogen-bond acceptors (Lipinski definition) is 4. The van der Waals surface area contributed by atoms with E-state index in [2.05, 4.69) is 25.9 Å². The summed E-state index contributed by atoms with van der Waals surface area (Å²) in [6, 6.07) is 0.261. The Labute approximate surface area is 72.4 Å². The van der Waals surface area contributed by atoms with E-state index in [4.69, 9.17) is 9.84 Å². The van der Waals surface area contributed by atoms with Gasteiger partial charge < -0.3 is 9.84 Å². The van der Waals surface area contributed by atoms with E-state index in [-0.39, 0.29) is 12.6 Å². The van der Waals surface area contributed by atoms with Crippen LogP contribution in [0.15, 0.2) is 10.7 Å². The topological polar surface area (TPSA) is 55.2 Å². The molecule has 4 nitrogen and oxygen atoms in total. The molecule has 60 valence electrons. The molecule has 1 aromatic heterocycles. The zero-order valence-electron chi connectivity index (χ0n) is 5.91. The van der Waals surface area contributed by atoms with Gasteiger partial charge in [-0.3, -0.25) is 0 Å². The summed E-state index contributed by atoms with van der Waals surface area (Å²) in [4.78, 5) is 7.69. The molecule has 0 spiro atoms. The van der Waals surface area contributed by atoms with Crippen LogP contribution in [0, 0.1) is 0 Å². The fourth-order valence-corrected chi connectivity index (χ4v) is 0.910. The van der Waals surface area contributed by atoms with Gasteiger partial charge in [-0.1, -0.05) is 0 Å². The highest BCUT2D eigenvalue weighted by Crippen LogP contribution is 2.15. The highest BCUT2D eigenvalue weighted by molar-refractivity contribution is 9.10. The minimum absolute atomic E-state index is 0.126. The third-order valence-electron chi connectivity index (χ3n) is 1.13. The molecule has 1 rings (SSSR count). The van der Waals surface area contributed by atoms with E-state index in [0.29, 0.717) is 10.2 Å². The van der Waals surface area contributed by atoms with Gasteiger partial charge in [0.15, 0.2) is 0 Å². The Bertz CT molecular complexity index is 254. The van der Waals surface area contributed by atoms with E-state index in [1.165, 1.54) is 13.3 Å². The van der Waals surface area contributed by atoms with Gasteiger partial charge in [-0.2, -0.15) is 4.98 Å². The number of aromatic nitrogens is 2. The average Bonchev–Trinajstić information content (AvgIpc) is 2.05. The molecule has 0 fully saturated rings. The van der Waals surface area contributed by atoms with Crippen molar-refractivity contribution < 1.29 is 9.84 Å². The maximum Gasteiger partial charge on any atom is 0.316 e. The van der Waals surface area contributed by atoms with Gasteiger partial charge in [0.25, 0.3) is 0 Å². The maximum absolute atomic E-state index is 8.76. The van der Waals surface area contributed by atoms with Crippen molar-refractivity contribution >= 4 is 15.9 Å². The van der Waals surface area contributed by atoms with Crippen LogP contribution < -0.4 is 4.74 Å². The van der Waals surface area contributed by atoms with Gasteiger partial charge in [0.1, 0.15) is 0 Å². The van der Waals surface area contributed by atoms with E-state index in [9.17, 15) is 0 Å². The highest BCUT2D eigenvalue weighted by atomic mass is 79.9. The monoisotopic (exact) mass is 218 g/mol. The van der Waals surface area contributed by atoms with Gasteiger partial charge in [0.2, 0.25) is 0 Å². The lowest BCUT2D eigenvalue weighted by Crippen LogP contribution is -1.97. The van der Waals surface area contributed by atoms with Gasteiger partial charge in [0, 0.05) is 6.20 Å². The van der Waals surface area contributed by atoms with Crippen molar-refractivity contribution in [1.82, 2.24) is 9.97 Å². The fraction of sp³-hybridized carbons (Fsp3) is 0.333. The number of hydrogen-bond donors (Lipinski definition) is 1. The summed E-state index contributed by atoms with van der Waals surface area (Å²) in [5.74, 6) is 0. The molecule has 0 saturated carbocycles. The molecule has 0 saturated heterocycles. The van der Waals surface area contributed by atoms with E-state index in [0.717, 1.165) is 0 Å². The van der Waals surface area contributed by atoms with Crippen LogP contribution in [0.1, 0.15) is 5.69 Å². The van der Waals surface area contributed by atoms with Crippen LogP contribution in [-0.4, -0.2) is 22.2 Å². The van der Waals surface area contributed by atoms with E-state index in [1.54, 1.807) is 0 Å². The SMILES string of the molecule is COc1ncc(Br)c(CO)n1. The first-order valence-electron chi connectivity index (χ1n) is 2.94. The quantitative estimate of drug-likeness (QED) is 0.796. The average molecular weight is 219 g/mol. The Kier molecular flexibility index (Phi) is 2.78. The molecule has 0 radical (unpaired) electrons. The lowest BCUT2D eigenvalue weighted by Gasteiger charge is -2.00. The summed E-state index contributed by atoms with van der Waals surface area (Å²) in [7, 11) is 1.48. The van der Waals surface area contributed by atoms with Gasteiger partial charge in [-0.15, -0.1) is 0 Å². The number of nitrogens with zero attached hydrogens (tertiary/aromatic N) is 2. The molecule has 1 N–H and O–H groups in total. The van der Waals surface area contributed by atoms with Crippen molar-refractivity contribution in [1.29, 1.82) is 0 Å². The number of aliphatic hydroxyl groups is 1. The standard InChI is InChI=1S/C6H7BrN2O2/c1-11-6-8-2-4(7)5(3-10)9-6/h2,10H,3H2,1H3. The fourth-order valence-electron chi connectivity index (χ4n) is 0.593. The molecule has 0 atom stereocenters. The Morgan fingerprint density at radius 1 is 1.73 bits per heavy atom. The smallest absolute Gasteiger partial charge is 0.316 e. The van der Waals surface area contributed by atoms with Crippen LogP contribution in [-0.2, 0) is 6.61 Å². The second-order valence-electron chi connectivity index (χ2n) is 1.81. The molecular formula is C6H7BrN2O2. The number of rotatable bonds is 2. The molecule has 11 heavy (non-hydrogen) atoms. The van der Waals surface area contributed by atoms with Crippen molar-refractivity contribution in [3.05, 3.63) is 16.4 Å². The van der Waals surface area contributed by atoms with Gasteiger partial charge in [-0.25, -0.2) is 4.98 Å². The summed E-state index contributed by atoms with van der Waals surface area (Å²) < 4.78 is 5.44. The molecule has 0 amide bonds. The first kappa shape index (κ1) is 8.42. The molecule has 5 heteroatoms. The molecule has 0 aromatic carbocycles. The van der Waals surface area contributed by atoms with Crippen LogP contribution >= 0.6 is 15.9 Å². The Morgan fingerprint density at radius 3 is 3.00 bits per heavy atom. The molecule has 0 aliphatic rings. The van der Waals surface area contributed by atoms with E-state index in [1.807, 2.05) is 0 Å². The predicted octanol–water partition coefficient (Wildman–Crippen LogP) is 0.740. The third-order valence-corrected chi connectivity index (χ3v) is 1.79. The van der Waals surface area contributed by atoms with E-state index < -0.39 is 0 Å². The molecule has 0 unspecified atom stereocenters. The largest absolute Gasteiger partial charge is 0.467 e. The molecule has 0 aliphatic carbocycles. The van der Waals surface area contributed by atoms with Gasteiger partial charge >= 0.3 is 6.01 Å². The first-order valence-corrected chi connectivity index (χ1v) is 3.73. The Hall–Kier alpha value is -0.680. The summed E-state index contributed by atoms with van der Waals surface area (Å²) in [6.07, 6.45) is 1.54. The number of aliphatic hydroxyl groups excluding tert-OH is 1. The second-order valence-corrected chi connectivity index (χ2v) is 2.66. The summed E-state index contributed by atoms with van der Waals surface area (Å²) >= 11 is 3.18. The van der Waals surface area contributed by atoms with Crippen molar-refractivity contribution in [2.24, 2.45) is 0 Å². The summed E-state index contributed by atoms with van der Waals surface area (Å²) in [6.45, 7) is -0.126. The minimum atomic E-state index is -0.126. The maximum atomic E-state index is 8.76. The highest BCUT2D eigenvalue weighted by Gasteiger charge is 2.02. The lowest BCUT2D eigenvalue weighted by atomic mass is 10.4. The molecule has 0 aliphatic heterocycles. The minimum Gasteiger partial charge on any atom is -0.467 e. The predicted molar refractivity (Wildman–Crippen MR) is 42.2 cm³/mol. The number of methoxy groups -OCH3 is 1. The van der Waals surface area contributed by atoms with Crippen molar-refractivity contribution in [3.63, 3.8) is 0 Å². The number of ether oxygens (including phenoxy) is 1. The molecule has 1 heterocycles. The van der Waals surface area contributed by atoms with Gasteiger partial charge in [-0.05, 0) is 15.9 Å². The third kappa shape index (κ3) is 1.87. The van der Waals surface area contributed by atoms with Gasteiger partial charge in [0.05, 0.1) is 23.9 Å². The van der Waals surface area contributed by atoms with Crippen molar-refractivity contribution in [2.45, 2.75) is 6.61 Å². The second kappa shape index (κ2) is 3.64. The van der Waals surface area contributed by atoms with Crippen molar-refractivity contribution in [2.75, 3.05) is 7.11 Å². The van der Waals surface area contributed by atoms with Crippen molar-refractivity contribution in [3.8, 4) is 6.01 Å². The molecule has 0 bridgehead atoms. The van der Waals surface area contributed by atoms with Crippen LogP contribution in [0.5, 0.6) is 6.01 Å². The van der Waals surface area contributed by atoms with Crippen LogP contribution in [0.4, 0.5) is 0 Å². The Morgan fingerprint density at radius 2 is 2.45 bits per heavy atom. The lowest BCUT2D eigenvalue weighted by molar-refractivity contribution is 0.272. The first-order chi connectivity index (χ1) is 5.27.